The molecule has 0 aliphatic rings. The molecular formula is C7H9N3. The Kier molecular flexibility index (Phi) is 1.67. The van der Waals surface area contributed by atoms with Crippen LogP contribution < -0.4 is 0 Å². The summed E-state index contributed by atoms with van der Waals surface area (Å²) in [5.41, 5.74) is 1.83. The number of aromatic amines is 1. The molecule has 1 heterocycles. The first kappa shape index (κ1) is 6.74. The van der Waals surface area contributed by atoms with Gasteiger partial charge < -0.3 is 4.98 Å². The Labute approximate surface area is 59.5 Å². The summed E-state index contributed by atoms with van der Waals surface area (Å²) in [5, 5.41) is 0. The smallest absolute Gasteiger partial charge is 0.155 e. The molecule has 52 valence electrons. The minimum atomic E-state index is 0.688. The third-order valence-electron chi connectivity index (χ3n) is 1.34. The van der Waals surface area contributed by atoms with E-state index in [0.717, 1.165) is 11.3 Å². The first-order valence-electron chi connectivity index (χ1n) is 2.91. The monoisotopic (exact) mass is 135 g/mol. The molecular weight excluding hydrogens is 126 g/mol. The minimum absolute atomic E-state index is 0.688. The Morgan fingerprint density at radius 2 is 2.10 bits per heavy atom. The summed E-state index contributed by atoms with van der Waals surface area (Å²) in [7, 11) is 0. The highest BCUT2D eigenvalue weighted by atomic mass is 14.9. The molecule has 0 amide bonds. The number of aryl methyl sites for hydroxylation is 1. The molecule has 0 spiro atoms. The molecule has 0 aliphatic heterocycles. The Hall–Kier alpha value is -1.38. The molecule has 0 saturated carbocycles. The van der Waals surface area contributed by atoms with Crippen molar-refractivity contribution in [1.82, 2.24) is 4.98 Å². The van der Waals surface area contributed by atoms with Crippen molar-refractivity contribution < 1.29 is 0 Å². The summed E-state index contributed by atoms with van der Waals surface area (Å²) in [6.45, 7) is 8.74. The summed E-state index contributed by atoms with van der Waals surface area (Å²) < 4.78 is 0. The standard InChI is InChI=1S/C7H9N3/c1-5-4-10-7(9-3)6(5)8-2/h4,10H,2-3H2,1H3. The molecule has 1 aromatic heterocycles. The van der Waals surface area contributed by atoms with E-state index in [0.29, 0.717) is 5.82 Å². The van der Waals surface area contributed by atoms with Crippen LogP contribution in [0.4, 0.5) is 11.5 Å². The number of aromatic nitrogens is 1. The van der Waals surface area contributed by atoms with Gasteiger partial charge in [-0.25, -0.2) is 4.99 Å². The lowest BCUT2D eigenvalue weighted by Gasteiger charge is -1.89. The first-order valence-corrected chi connectivity index (χ1v) is 2.91. The van der Waals surface area contributed by atoms with Crippen LogP contribution in [-0.4, -0.2) is 18.4 Å². The van der Waals surface area contributed by atoms with Gasteiger partial charge in [-0.05, 0) is 25.9 Å². The molecule has 0 aliphatic carbocycles. The van der Waals surface area contributed by atoms with Gasteiger partial charge in [0.15, 0.2) is 5.82 Å². The van der Waals surface area contributed by atoms with Crippen molar-refractivity contribution in [3.05, 3.63) is 11.8 Å². The van der Waals surface area contributed by atoms with Crippen molar-refractivity contribution in [3.63, 3.8) is 0 Å². The SMILES string of the molecule is C=Nc1[nH]cc(C)c1N=C. The molecule has 0 atom stereocenters. The zero-order chi connectivity index (χ0) is 7.56. The van der Waals surface area contributed by atoms with E-state index in [1.807, 2.05) is 13.1 Å². The van der Waals surface area contributed by atoms with Crippen molar-refractivity contribution in [2.45, 2.75) is 6.92 Å². The quantitative estimate of drug-likeness (QED) is 0.602. The highest BCUT2D eigenvalue weighted by molar-refractivity contribution is 5.67. The Bertz CT molecular complexity index is 260. The fourth-order valence-corrected chi connectivity index (χ4v) is 0.820. The van der Waals surface area contributed by atoms with E-state index in [4.69, 9.17) is 0 Å². The van der Waals surface area contributed by atoms with E-state index >= 15 is 0 Å². The maximum Gasteiger partial charge on any atom is 0.155 e. The van der Waals surface area contributed by atoms with Crippen molar-refractivity contribution in [2.75, 3.05) is 0 Å². The second-order valence-corrected chi connectivity index (χ2v) is 1.99. The second-order valence-electron chi connectivity index (χ2n) is 1.99. The van der Waals surface area contributed by atoms with Crippen molar-refractivity contribution in [1.29, 1.82) is 0 Å². The molecule has 3 heteroatoms. The molecule has 0 bridgehead atoms. The third-order valence-corrected chi connectivity index (χ3v) is 1.34. The van der Waals surface area contributed by atoms with Crippen LogP contribution in [0, 0.1) is 6.92 Å². The fraction of sp³-hybridized carbons (Fsp3) is 0.143. The Morgan fingerprint density at radius 3 is 2.50 bits per heavy atom. The van der Waals surface area contributed by atoms with E-state index in [1.165, 1.54) is 0 Å². The van der Waals surface area contributed by atoms with Crippen LogP contribution in [0.2, 0.25) is 0 Å². The van der Waals surface area contributed by atoms with Crippen molar-refractivity contribution in [2.24, 2.45) is 9.98 Å². The first-order chi connectivity index (χ1) is 4.79. The van der Waals surface area contributed by atoms with Crippen LogP contribution in [-0.2, 0) is 0 Å². The van der Waals surface area contributed by atoms with E-state index in [2.05, 4.69) is 28.4 Å². The number of hydrogen-bond donors (Lipinski definition) is 1. The average Bonchev–Trinajstić information content (AvgIpc) is 2.30. The molecule has 1 N–H and O–H groups in total. The van der Waals surface area contributed by atoms with Crippen LogP contribution >= 0.6 is 0 Å². The summed E-state index contributed by atoms with van der Waals surface area (Å²) >= 11 is 0. The summed E-state index contributed by atoms with van der Waals surface area (Å²) in [6, 6.07) is 0. The highest BCUT2D eigenvalue weighted by Gasteiger charge is 2.02. The van der Waals surface area contributed by atoms with Gasteiger partial charge in [0.05, 0.1) is 0 Å². The zero-order valence-corrected chi connectivity index (χ0v) is 5.89. The molecule has 0 fully saturated rings. The number of nitrogens with zero attached hydrogens (tertiary/aromatic N) is 2. The van der Waals surface area contributed by atoms with Gasteiger partial charge in [-0.1, -0.05) is 0 Å². The van der Waals surface area contributed by atoms with Gasteiger partial charge in [0, 0.05) is 6.20 Å². The lowest BCUT2D eigenvalue weighted by atomic mass is 10.3. The summed E-state index contributed by atoms with van der Waals surface area (Å²) in [5.74, 6) is 0.688. The molecule has 0 aromatic carbocycles. The van der Waals surface area contributed by atoms with Gasteiger partial charge in [-0.2, -0.15) is 0 Å². The zero-order valence-electron chi connectivity index (χ0n) is 5.89. The topological polar surface area (TPSA) is 40.5 Å². The van der Waals surface area contributed by atoms with Gasteiger partial charge in [0.1, 0.15) is 5.69 Å². The Balaban J connectivity index is 3.25. The van der Waals surface area contributed by atoms with E-state index in [-0.39, 0.29) is 0 Å². The van der Waals surface area contributed by atoms with Crippen LogP contribution in [0.3, 0.4) is 0 Å². The van der Waals surface area contributed by atoms with Gasteiger partial charge >= 0.3 is 0 Å². The molecule has 0 radical (unpaired) electrons. The largest absolute Gasteiger partial charge is 0.345 e. The molecule has 10 heavy (non-hydrogen) atoms. The third kappa shape index (κ3) is 0.857. The fourth-order valence-electron chi connectivity index (χ4n) is 0.820. The van der Waals surface area contributed by atoms with Crippen LogP contribution in [0.15, 0.2) is 16.2 Å². The van der Waals surface area contributed by atoms with Gasteiger partial charge in [-0.3, -0.25) is 4.99 Å². The van der Waals surface area contributed by atoms with Gasteiger partial charge in [0.2, 0.25) is 0 Å². The highest BCUT2D eigenvalue weighted by Crippen LogP contribution is 2.28. The predicted octanol–water partition coefficient (Wildman–Crippen LogP) is 1.99. The molecule has 1 aromatic rings. The van der Waals surface area contributed by atoms with E-state index in [1.54, 1.807) is 0 Å². The summed E-state index contributed by atoms with van der Waals surface area (Å²) in [4.78, 5) is 10.4. The van der Waals surface area contributed by atoms with Crippen molar-refractivity contribution >= 4 is 24.9 Å². The van der Waals surface area contributed by atoms with Crippen molar-refractivity contribution in [3.8, 4) is 0 Å². The van der Waals surface area contributed by atoms with Gasteiger partial charge in [-0.15, -0.1) is 0 Å². The number of rotatable bonds is 2. The molecule has 0 unspecified atom stereocenters. The maximum absolute atomic E-state index is 3.79. The number of nitrogens with one attached hydrogen (secondary N) is 1. The minimum Gasteiger partial charge on any atom is -0.345 e. The van der Waals surface area contributed by atoms with Crippen LogP contribution in [0.5, 0.6) is 0 Å². The predicted molar refractivity (Wildman–Crippen MR) is 43.9 cm³/mol. The van der Waals surface area contributed by atoms with E-state index < -0.39 is 0 Å². The normalized spacial score (nSPS) is 9.30. The Morgan fingerprint density at radius 1 is 1.40 bits per heavy atom. The number of aliphatic imine (C=N–C) groups is 2. The second kappa shape index (κ2) is 2.47. The lowest BCUT2D eigenvalue weighted by molar-refractivity contribution is 1.34. The van der Waals surface area contributed by atoms with Crippen LogP contribution in [0.25, 0.3) is 0 Å². The molecule has 0 saturated heterocycles. The lowest BCUT2D eigenvalue weighted by Crippen LogP contribution is -1.61. The number of H-pyrrole nitrogens is 1. The number of hydrogen-bond acceptors (Lipinski definition) is 2. The summed E-state index contributed by atoms with van der Waals surface area (Å²) in [6.07, 6.45) is 1.83. The van der Waals surface area contributed by atoms with E-state index in [9.17, 15) is 0 Å². The molecule has 1 rings (SSSR count). The maximum atomic E-state index is 3.79. The van der Waals surface area contributed by atoms with Crippen LogP contribution in [0.1, 0.15) is 5.56 Å². The average molecular weight is 135 g/mol. The van der Waals surface area contributed by atoms with Gasteiger partial charge in [0.25, 0.3) is 0 Å². The molecule has 3 nitrogen and oxygen atoms in total.